The maximum Gasteiger partial charge on any atom is 0.261 e. The van der Waals surface area contributed by atoms with Crippen LogP contribution in [-0.4, -0.2) is 47.6 Å². The van der Waals surface area contributed by atoms with Gasteiger partial charge < -0.3 is 19.6 Å². The van der Waals surface area contributed by atoms with E-state index in [1.165, 1.54) is 11.0 Å². The number of benzene rings is 2. The molecule has 136 valence electrons. The van der Waals surface area contributed by atoms with Crippen LogP contribution in [0.2, 0.25) is 5.02 Å². The minimum absolute atomic E-state index is 0.0343. The molecule has 0 spiro atoms. The number of carbonyl (C=O) groups excluding carboxylic acids is 2. The molecule has 7 heteroatoms. The fourth-order valence-corrected chi connectivity index (χ4v) is 3.13. The molecule has 1 atom stereocenters. The number of hydrogen-bond acceptors (Lipinski definition) is 4. The van der Waals surface area contributed by atoms with Crippen LogP contribution in [0, 0.1) is 0 Å². The van der Waals surface area contributed by atoms with Gasteiger partial charge in [-0.25, -0.2) is 0 Å². The van der Waals surface area contributed by atoms with Crippen molar-refractivity contribution in [2.24, 2.45) is 0 Å². The lowest BCUT2D eigenvalue weighted by Crippen LogP contribution is -2.58. The standard InChI is InChI=1S/C19H19ClN2O4/c1-13-10-22(15-7-3-2-6-14(15)20)18(24)11-21(13)19(25)12-26-17-9-5-4-8-16(17)23/h2-9,13,23H,10-12H2,1H3. The van der Waals surface area contributed by atoms with Gasteiger partial charge in [0.2, 0.25) is 5.91 Å². The van der Waals surface area contributed by atoms with Crippen LogP contribution in [0.3, 0.4) is 0 Å². The molecular weight excluding hydrogens is 356 g/mol. The predicted molar refractivity (Wildman–Crippen MR) is 98.6 cm³/mol. The zero-order valence-corrected chi connectivity index (χ0v) is 15.0. The van der Waals surface area contributed by atoms with E-state index >= 15 is 0 Å². The van der Waals surface area contributed by atoms with Gasteiger partial charge in [0.05, 0.1) is 10.7 Å². The Morgan fingerprint density at radius 2 is 1.92 bits per heavy atom. The summed E-state index contributed by atoms with van der Waals surface area (Å²) in [7, 11) is 0. The molecule has 0 aliphatic carbocycles. The molecule has 1 saturated heterocycles. The highest BCUT2D eigenvalue weighted by molar-refractivity contribution is 6.33. The van der Waals surface area contributed by atoms with E-state index in [4.69, 9.17) is 16.3 Å². The average Bonchev–Trinajstić information content (AvgIpc) is 2.63. The molecule has 26 heavy (non-hydrogen) atoms. The lowest BCUT2D eigenvalue weighted by molar-refractivity contribution is -0.141. The number of halogens is 1. The van der Waals surface area contributed by atoms with Gasteiger partial charge in [-0.2, -0.15) is 0 Å². The molecule has 0 saturated carbocycles. The molecule has 1 N–H and O–H groups in total. The average molecular weight is 375 g/mol. The largest absolute Gasteiger partial charge is 0.504 e. The van der Waals surface area contributed by atoms with Crippen LogP contribution in [0.1, 0.15) is 6.92 Å². The normalized spacial score (nSPS) is 17.3. The maximum atomic E-state index is 12.5. The summed E-state index contributed by atoms with van der Waals surface area (Å²) in [4.78, 5) is 28.1. The third kappa shape index (κ3) is 3.75. The second-order valence-corrected chi connectivity index (χ2v) is 6.49. The first-order valence-corrected chi connectivity index (χ1v) is 8.60. The van der Waals surface area contributed by atoms with E-state index in [9.17, 15) is 14.7 Å². The highest BCUT2D eigenvalue weighted by Gasteiger charge is 2.34. The third-order valence-electron chi connectivity index (χ3n) is 4.27. The molecule has 1 heterocycles. The number of phenols is 1. The van der Waals surface area contributed by atoms with Crippen molar-refractivity contribution in [1.29, 1.82) is 0 Å². The second-order valence-electron chi connectivity index (χ2n) is 6.08. The third-order valence-corrected chi connectivity index (χ3v) is 4.59. The fraction of sp³-hybridized carbons (Fsp3) is 0.263. The van der Waals surface area contributed by atoms with E-state index in [0.29, 0.717) is 17.3 Å². The van der Waals surface area contributed by atoms with Gasteiger partial charge in [-0.1, -0.05) is 35.9 Å². The van der Waals surface area contributed by atoms with E-state index in [0.717, 1.165) is 0 Å². The van der Waals surface area contributed by atoms with Crippen molar-refractivity contribution in [1.82, 2.24) is 4.90 Å². The Kier molecular flexibility index (Phi) is 5.32. The number of carbonyl (C=O) groups is 2. The first kappa shape index (κ1) is 18.1. The molecule has 1 unspecified atom stereocenters. The molecule has 2 aromatic carbocycles. The van der Waals surface area contributed by atoms with Crippen LogP contribution in [0.4, 0.5) is 5.69 Å². The maximum absolute atomic E-state index is 12.5. The number of rotatable bonds is 4. The summed E-state index contributed by atoms with van der Waals surface area (Å²) in [6, 6.07) is 13.4. The number of hydrogen-bond donors (Lipinski definition) is 1. The van der Waals surface area contributed by atoms with Gasteiger partial charge in [0.1, 0.15) is 6.54 Å². The summed E-state index contributed by atoms with van der Waals surface area (Å²) >= 11 is 6.18. The van der Waals surface area contributed by atoms with E-state index < -0.39 is 0 Å². The Morgan fingerprint density at radius 3 is 2.65 bits per heavy atom. The van der Waals surface area contributed by atoms with Crippen LogP contribution in [0.5, 0.6) is 11.5 Å². The minimum atomic E-state index is -0.312. The van der Waals surface area contributed by atoms with Gasteiger partial charge in [0, 0.05) is 12.6 Å². The zero-order valence-electron chi connectivity index (χ0n) is 14.3. The van der Waals surface area contributed by atoms with E-state index in [1.54, 1.807) is 41.3 Å². The molecule has 2 amide bonds. The SMILES string of the molecule is CC1CN(c2ccccc2Cl)C(=O)CN1C(=O)COc1ccccc1O. The fourth-order valence-electron chi connectivity index (χ4n) is 2.89. The molecule has 0 aromatic heterocycles. The van der Waals surface area contributed by atoms with Crippen molar-refractivity contribution < 1.29 is 19.4 Å². The van der Waals surface area contributed by atoms with Crippen molar-refractivity contribution in [2.75, 3.05) is 24.6 Å². The summed E-state index contributed by atoms with van der Waals surface area (Å²) in [6.07, 6.45) is 0. The molecule has 3 rings (SSSR count). The monoisotopic (exact) mass is 374 g/mol. The number of aromatic hydroxyl groups is 1. The van der Waals surface area contributed by atoms with Crippen LogP contribution in [0.15, 0.2) is 48.5 Å². The van der Waals surface area contributed by atoms with Crippen molar-refractivity contribution in [2.45, 2.75) is 13.0 Å². The summed E-state index contributed by atoms with van der Waals surface area (Å²) in [5, 5.41) is 10.2. The number of anilines is 1. The van der Waals surface area contributed by atoms with Crippen LogP contribution in [-0.2, 0) is 9.59 Å². The smallest absolute Gasteiger partial charge is 0.261 e. The van der Waals surface area contributed by atoms with Crippen molar-refractivity contribution in [3.8, 4) is 11.5 Å². The second kappa shape index (κ2) is 7.66. The van der Waals surface area contributed by atoms with Crippen LogP contribution >= 0.6 is 11.6 Å². The van der Waals surface area contributed by atoms with E-state index in [1.807, 2.05) is 13.0 Å². The summed E-state index contributed by atoms with van der Waals surface area (Å²) < 4.78 is 5.38. The number of ether oxygens (including phenoxy) is 1. The van der Waals surface area contributed by atoms with Crippen LogP contribution < -0.4 is 9.64 Å². The molecule has 6 nitrogen and oxygen atoms in total. The number of amides is 2. The van der Waals surface area contributed by atoms with E-state index in [2.05, 4.69) is 0 Å². The van der Waals surface area contributed by atoms with Gasteiger partial charge in [-0.05, 0) is 31.2 Å². The molecule has 0 bridgehead atoms. The Balaban J connectivity index is 1.66. The van der Waals surface area contributed by atoms with Gasteiger partial charge in [-0.15, -0.1) is 0 Å². The highest BCUT2D eigenvalue weighted by atomic mass is 35.5. The lowest BCUT2D eigenvalue weighted by Gasteiger charge is -2.39. The quantitative estimate of drug-likeness (QED) is 0.893. The van der Waals surface area contributed by atoms with E-state index in [-0.39, 0.29) is 42.5 Å². The lowest BCUT2D eigenvalue weighted by atomic mass is 10.1. The Bertz CT molecular complexity index is 827. The molecule has 1 aliphatic rings. The van der Waals surface area contributed by atoms with Crippen molar-refractivity contribution in [3.63, 3.8) is 0 Å². The molecule has 2 aromatic rings. The predicted octanol–water partition coefficient (Wildman–Crippen LogP) is 2.69. The summed E-state index contributed by atoms with van der Waals surface area (Å²) in [5.41, 5.74) is 0.642. The van der Waals surface area contributed by atoms with Gasteiger partial charge in [-0.3, -0.25) is 9.59 Å². The zero-order chi connectivity index (χ0) is 18.7. The highest BCUT2D eigenvalue weighted by Crippen LogP contribution is 2.28. The number of piperazine rings is 1. The van der Waals surface area contributed by atoms with Gasteiger partial charge >= 0.3 is 0 Å². The molecule has 1 aliphatic heterocycles. The van der Waals surface area contributed by atoms with Crippen molar-refractivity contribution >= 4 is 29.1 Å². The number of phenolic OH excluding ortho intramolecular Hbond substituents is 1. The Morgan fingerprint density at radius 1 is 1.23 bits per heavy atom. The number of nitrogens with zero attached hydrogens (tertiary/aromatic N) is 2. The first-order chi connectivity index (χ1) is 12.5. The molecular formula is C19H19ClN2O4. The summed E-state index contributed by atoms with van der Waals surface area (Å²) in [6.45, 7) is 1.93. The molecule has 1 fully saturated rings. The Hall–Kier alpha value is -2.73. The van der Waals surface area contributed by atoms with Crippen molar-refractivity contribution in [3.05, 3.63) is 53.6 Å². The minimum Gasteiger partial charge on any atom is -0.504 e. The van der Waals surface area contributed by atoms with Gasteiger partial charge in [0.15, 0.2) is 18.1 Å². The summed E-state index contributed by atoms with van der Waals surface area (Å²) in [5.74, 6) is -0.317. The number of para-hydroxylation sites is 3. The van der Waals surface area contributed by atoms with Gasteiger partial charge in [0.25, 0.3) is 5.91 Å². The molecule has 0 radical (unpaired) electrons. The Labute approximate surface area is 156 Å². The van der Waals surface area contributed by atoms with Crippen LogP contribution in [0.25, 0.3) is 0 Å². The topological polar surface area (TPSA) is 70.1 Å². The first-order valence-electron chi connectivity index (χ1n) is 8.22.